The molecule has 0 aliphatic rings. The normalized spacial score (nSPS) is 12.0. The van der Waals surface area contributed by atoms with E-state index in [4.69, 9.17) is 0 Å². The quantitative estimate of drug-likeness (QED) is 0.568. The Morgan fingerprint density at radius 2 is 1.73 bits per heavy atom. The summed E-state index contributed by atoms with van der Waals surface area (Å²) in [6.45, 7) is 2.48. The fraction of sp³-hybridized carbons (Fsp3) is 0.176. The van der Waals surface area contributed by atoms with Crippen molar-refractivity contribution >= 4 is 22.7 Å². The highest BCUT2D eigenvalue weighted by atomic mass is 32.2. The van der Waals surface area contributed by atoms with Crippen molar-refractivity contribution in [2.75, 3.05) is 0 Å². The first kappa shape index (κ1) is 15.0. The molecule has 0 atom stereocenters. The van der Waals surface area contributed by atoms with Crippen LogP contribution in [-0.4, -0.2) is 10.1 Å². The van der Waals surface area contributed by atoms with Gasteiger partial charge < -0.3 is 4.57 Å². The molecule has 0 N–H and O–H groups in total. The molecule has 0 unspecified atom stereocenters. The van der Waals surface area contributed by atoms with E-state index >= 15 is 0 Å². The topological polar surface area (TPSA) is 4.93 Å². The van der Waals surface area contributed by atoms with Gasteiger partial charge in [0.2, 0.25) is 0 Å². The molecule has 3 aromatic rings. The molecule has 3 rings (SSSR count). The second-order valence-electron chi connectivity index (χ2n) is 5.13. The van der Waals surface area contributed by atoms with Crippen molar-refractivity contribution in [1.29, 1.82) is 0 Å². The van der Waals surface area contributed by atoms with E-state index < -0.39 is 5.51 Å². The molecule has 1 nitrogen and oxygen atoms in total. The van der Waals surface area contributed by atoms with Crippen LogP contribution in [0.2, 0.25) is 0 Å². The molecule has 0 fully saturated rings. The maximum atomic E-state index is 12.8. The average molecular weight is 321 g/mol. The lowest BCUT2D eigenvalue weighted by molar-refractivity contribution is -0.0327. The molecule has 0 saturated carbocycles. The van der Waals surface area contributed by atoms with E-state index in [1.165, 1.54) is 0 Å². The smallest absolute Gasteiger partial charge is 0.342 e. The summed E-state index contributed by atoms with van der Waals surface area (Å²) in [5.74, 6) is 0. The van der Waals surface area contributed by atoms with Crippen molar-refractivity contribution in [2.45, 2.75) is 23.9 Å². The minimum atomic E-state index is -4.28. The fourth-order valence-electron chi connectivity index (χ4n) is 2.63. The molecular formula is C17H14F3NS. The summed E-state index contributed by atoms with van der Waals surface area (Å²) >= 11 is -0.0505. The second kappa shape index (κ2) is 5.72. The highest BCUT2D eigenvalue weighted by Gasteiger charge is 2.31. The summed E-state index contributed by atoms with van der Waals surface area (Å²) in [6, 6.07) is 15.2. The molecule has 0 bridgehead atoms. The number of alkyl halides is 3. The molecule has 0 radical (unpaired) electrons. The van der Waals surface area contributed by atoms with E-state index in [-0.39, 0.29) is 16.7 Å². The minimum Gasteiger partial charge on any atom is -0.342 e. The van der Waals surface area contributed by atoms with Crippen molar-refractivity contribution in [1.82, 2.24) is 4.57 Å². The molecule has 0 amide bonds. The van der Waals surface area contributed by atoms with Gasteiger partial charge in [0.15, 0.2) is 0 Å². The summed E-state index contributed by atoms with van der Waals surface area (Å²) in [5.41, 5.74) is -1.39. The standard InChI is InChI=1S/C17H14F3NS/c1-12-6-5-9-14-15(22-17(18,19)20)11-21(16(12)14)10-13-7-3-2-4-8-13/h2-9,11H,10H2,1H3. The van der Waals surface area contributed by atoms with Crippen LogP contribution in [0.1, 0.15) is 11.1 Å². The predicted molar refractivity (Wildman–Crippen MR) is 84.1 cm³/mol. The minimum absolute atomic E-state index is 0.0505. The van der Waals surface area contributed by atoms with Crippen molar-refractivity contribution < 1.29 is 13.2 Å². The summed E-state index contributed by atoms with van der Waals surface area (Å²) < 4.78 is 40.2. The van der Waals surface area contributed by atoms with Crippen LogP contribution in [0.3, 0.4) is 0 Å². The number of rotatable bonds is 3. The summed E-state index contributed by atoms with van der Waals surface area (Å²) in [7, 11) is 0. The zero-order valence-electron chi connectivity index (χ0n) is 11.9. The van der Waals surface area contributed by atoms with Gasteiger partial charge in [-0.3, -0.25) is 0 Å². The van der Waals surface area contributed by atoms with Crippen LogP contribution in [0.15, 0.2) is 59.6 Å². The largest absolute Gasteiger partial charge is 0.446 e. The monoisotopic (exact) mass is 321 g/mol. The van der Waals surface area contributed by atoms with Gasteiger partial charge in [-0.15, -0.1) is 0 Å². The maximum Gasteiger partial charge on any atom is 0.446 e. The molecule has 0 aliphatic heterocycles. The van der Waals surface area contributed by atoms with Gasteiger partial charge in [-0.25, -0.2) is 0 Å². The second-order valence-corrected chi connectivity index (χ2v) is 6.23. The zero-order chi connectivity index (χ0) is 15.7. The fourth-order valence-corrected chi connectivity index (χ4v) is 3.33. The maximum absolute atomic E-state index is 12.8. The number of nitrogens with zero attached hydrogens (tertiary/aromatic N) is 1. The SMILES string of the molecule is Cc1cccc2c(SC(F)(F)F)cn(Cc3ccccc3)c12. The lowest BCUT2D eigenvalue weighted by Crippen LogP contribution is -1.99. The Morgan fingerprint density at radius 1 is 1.00 bits per heavy atom. The third-order valence-corrected chi connectivity index (χ3v) is 4.26. The number of benzene rings is 2. The Hall–Kier alpha value is -1.88. The molecular weight excluding hydrogens is 307 g/mol. The molecule has 114 valence electrons. The highest BCUT2D eigenvalue weighted by molar-refractivity contribution is 8.00. The number of hydrogen-bond donors (Lipinski definition) is 0. The number of aryl methyl sites for hydroxylation is 1. The van der Waals surface area contributed by atoms with Crippen LogP contribution in [0.25, 0.3) is 10.9 Å². The Bertz CT molecular complexity index is 791. The van der Waals surface area contributed by atoms with Crippen LogP contribution in [0.4, 0.5) is 13.2 Å². The Morgan fingerprint density at radius 3 is 2.41 bits per heavy atom. The van der Waals surface area contributed by atoms with Gasteiger partial charge in [0, 0.05) is 23.0 Å². The van der Waals surface area contributed by atoms with Crippen molar-refractivity contribution in [3.63, 3.8) is 0 Å². The predicted octanol–water partition coefficient (Wildman–Crippen LogP) is 5.61. The van der Waals surface area contributed by atoms with Crippen LogP contribution in [-0.2, 0) is 6.54 Å². The van der Waals surface area contributed by atoms with Gasteiger partial charge in [0.1, 0.15) is 0 Å². The average Bonchev–Trinajstić information content (AvgIpc) is 2.77. The Kier molecular flexibility index (Phi) is 3.91. The van der Waals surface area contributed by atoms with E-state index in [1.807, 2.05) is 47.9 Å². The molecule has 0 spiro atoms. The van der Waals surface area contributed by atoms with Gasteiger partial charge in [0.25, 0.3) is 0 Å². The first-order chi connectivity index (χ1) is 10.4. The molecule has 0 aliphatic carbocycles. The van der Waals surface area contributed by atoms with E-state index in [2.05, 4.69) is 0 Å². The Labute approximate surface area is 130 Å². The van der Waals surface area contributed by atoms with Gasteiger partial charge in [-0.1, -0.05) is 48.5 Å². The molecule has 0 saturated heterocycles. The third kappa shape index (κ3) is 3.14. The van der Waals surface area contributed by atoms with Gasteiger partial charge >= 0.3 is 5.51 Å². The molecule has 1 heterocycles. The first-order valence-electron chi connectivity index (χ1n) is 6.82. The van der Waals surface area contributed by atoms with Crippen molar-refractivity contribution in [3.8, 4) is 0 Å². The van der Waals surface area contributed by atoms with Crippen LogP contribution in [0.5, 0.6) is 0 Å². The lowest BCUT2D eigenvalue weighted by Gasteiger charge is -2.07. The zero-order valence-corrected chi connectivity index (χ0v) is 12.7. The van der Waals surface area contributed by atoms with Crippen LogP contribution >= 0.6 is 11.8 Å². The molecule has 1 aromatic heterocycles. The van der Waals surface area contributed by atoms with E-state index in [9.17, 15) is 13.2 Å². The summed E-state index contributed by atoms with van der Waals surface area (Å²) in [4.78, 5) is 0.252. The lowest BCUT2D eigenvalue weighted by atomic mass is 10.1. The van der Waals surface area contributed by atoms with Crippen LogP contribution < -0.4 is 0 Å². The molecule has 2 aromatic carbocycles. The number of aromatic nitrogens is 1. The summed E-state index contributed by atoms with van der Waals surface area (Å²) in [6.07, 6.45) is 1.60. The van der Waals surface area contributed by atoms with Crippen molar-refractivity contribution in [3.05, 3.63) is 65.9 Å². The van der Waals surface area contributed by atoms with Crippen molar-refractivity contribution in [2.24, 2.45) is 0 Å². The highest BCUT2D eigenvalue weighted by Crippen LogP contribution is 2.41. The van der Waals surface area contributed by atoms with E-state index in [0.29, 0.717) is 11.9 Å². The number of thioether (sulfide) groups is 1. The number of halogens is 3. The number of hydrogen-bond acceptors (Lipinski definition) is 1. The van der Waals surface area contributed by atoms with Gasteiger partial charge in [-0.2, -0.15) is 13.2 Å². The van der Waals surface area contributed by atoms with Crippen LogP contribution in [0, 0.1) is 6.92 Å². The number of para-hydroxylation sites is 1. The summed E-state index contributed by atoms with van der Waals surface area (Å²) in [5, 5.41) is 0.651. The third-order valence-electron chi connectivity index (χ3n) is 3.48. The molecule has 22 heavy (non-hydrogen) atoms. The van der Waals surface area contributed by atoms with E-state index in [0.717, 1.165) is 16.6 Å². The molecule has 5 heteroatoms. The van der Waals surface area contributed by atoms with E-state index in [1.54, 1.807) is 18.3 Å². The number of fused-ring (bicyclic) bond motifs is 1. The van der Waals surface area contributed by atoms with Gasteiger partial charge in [-0.05, 0) is 29.8 Å². The first-order valence-corrected chi connectivity index (χ1v) is 7.64. The Balaban J connectivity index is 2.10. The van der Waals surface area contributed by atoms with Gasteiger partial charge in [0.05, 0.1) is 5.52 Å².